The van der Waals surface area contributed by atoms with Crippen LogP contribution in [0, 0.1) is 0 Å². The first kappa shape index (κ1) is 9.92. The summed E-state index contributed by atoms with van der Waals surface area (Å²) < 4.78 is 5.15. The van der Waals surface area contributed by atoms with E-state index in [0.717, 1.165) is 0 Å². The molecular formula is C7H13ClO2. The van der Waals surface area contributed by atoms with Gasteiger partial charge in [-0.25, -0.2) is 0 Å². The molecule has 10 heavy (non-hydrogen) atoms. The van der Waals surface area contributed by atoms with Crippen molar-refractivity contribution in [1.82, 2.24) is 0 Å². The van der Waals surface area contributed by atoms with Crippen LogP contribution in [-0.4, -0.2) is 24.4 Å². The Morgan fingerprint density at radius 2 is 2.30 bits per heavy atom. The molecule has 0 bridgehead atoms. The Morgan fingerprint density at radius 3 is 2.60 bits per heavy atom. The normalized spacial score (nSPS) is 13.1. The second-order valence-corrected chi connectivity index (χ2v) is 2.45. The molecule has 0 radical (unpaired) electrons. The summed E-state index contributed by atoms with van der Waals surface area (Å²) in [6, 6.07) is 0. The number of alkyl halides is 1. The fourth-order valence-corrected chi connectivity index (χ4v) is 0.913. The first-order chi connectivity index (χ1) is 4.70. The van der Waals surface area contributed by atoms with Gasteiger partial charge in [0.1, 0.15) is 5.78 Å². The number of hydrogen-bond donors (Lipinski definition) is 0. The average molecular weight is 165 g/mol. The van der Waals surface area contributed by atoms with Crippen LogP contribution < -0.4 is 0 Å². The Hall–Kier alpha value is -0.0800. The minimum absolute atomic E-state index is 0.0934. The molecule has 0 N–H and O–H groups in total. The Labute approximate surface area is 66.5 Å². The van der Waals surface area contributed by atoms with E-state index in [9.17, 15) is 4.79 Å². The van der Waals surface area contributed by atoms with Crippen LogP contribution in [-0.2, 0) is 9.53 Å². The Morgan fingerprint density at radius 1 is 1.70 bits per heavy atom. The number of carbonyl (C=O) groups excluding carboxylic acids is 1. The molecule has 60 valence electrons. The zero-order chi connectivity index (χ0) is 7.98. The van der Waals surface area contributed by atoms with Crippen LogP contribution in [0.25, 0.3) is 0 Å². The van der Waals surface area contributed by atoms with Crippen molar-refractivity contribution in [1.29, 1.82) is 0 Å². The minimum atomic E-state index is -0.0934. The quantitative estimate of drug-likeness (QED) is 0.578. The number of ketones is 1. The molecule has 1 atom stereocenters. The predicted molar refractivity (Wildman–Crippen MR) is 41.4 cm³/mol. The maximum Gasteiger partial charge on any atom is 0.132 e. The summed E-state index contributed by atoms with van der Waals surface area (Å²) in [7, 11) is 0. The van der Waals surface area contributed by atoms with E-state index >= 15 is 0 Å². The van der Waals surface area contributed by atoms with Crippen LogP contribution in [0.5, 0.6) is 0 Å². The second-order valence-electron chi connectivity index (χ2n) is 2.14. The topological polar surface area (TPSA) is 26.3 Å². The van der Waals surface area contributed by atoms with Crippen LogP contribution in [0.3, 0.4) is 0 Å². The summed E-state index contributed by atoms with van der Waals surface area (Å²) in [5.41, 5.74) is 0. The van der Waals surface area contributed by atoms with E-state index in [-0.39, 0.29) is 11.9 Å². The highest BCUT2D eigenvalue weighted by Gasteiger charge is 2.08. The van der Waals surface area contributed by atoms with Crippen LogP contribution in [0.2, 0.25) is 0 Å². The molecule has 0 spiro atoms. The standard InChI is InChI=1S/C7H13ClO2/c1-3-10-7(5-8)4-6(2)9/h7H,3-5H2,1-2H3. The molecular weight excluding hydrogens is 152 g/mol. The molecule has 0 aliphatic heterocycles. The Bertz CT molecular complexity index is 104. The third kappa shape index (κ3) is 4.77. The van der Waals surface area contributed by atoms with Crippen molar-refractivity contribution in [3.63, 3.8) is 0 Å². The fraction of sp³-hybridized carbons (Fsp3) is 0.857. The highest BCUT2D eigenvalue weighted by molar-refractivity contribution is 6.18. The van der Waals surface area contributed by atoms with Crippen LogP contribution >= 0.6 is 11.6 Å². The first-order valence-corrected chi connectivity index (χ1v) is 3.91. The summed E-state index contributed by atoms with van der Waals surface area (Å²) in [6.07, 6.45) is 0.335. The van der Waals surface area contributed by atoms with Crippen LogP contribution in [0.15, 0.2) is 0 Å². The second kappa shape index (κ2) is 5.69. The van der Waals surface area contributed by atoms with E-state index < -0.39 is 0 Å². The minimum Gasteiger partial charge on any atom is -0.377 e. The zero-order valence-corrected chi connectivity index (χ0v) is 7.15. The Balaban J connectivity index is 3.49. The van der Waals surface area contributed by atoms with Gasteiger partial charge in [0.2, 0.25) is 0 Å². The summed E-state index contributed by atoms with van der Waals surface area (Å²) >= 11 is 5.51. The summed E-state index contributed by atoms with van der Waals surface area (Å²) in [5.74, 6) is 0.520. The highest BCUT2D eigenvalue weighted by atomic mass is 35.5. The van der Waals surface area contributed by atoms with Crippen molar-refractivity contribution < 1.29 is 9.53 Å². The molecule has 2 nitrogen and oxygen atoms in total. The van der Waals surface area contributed by atoms with E-state index in [4.69, 9.17) is 16.3 Å². The lowest BCUT2D eigenvalue weighted by molar-refractivity contribution is -0.119. The van der Waals surface area contributed by atoms with Crippen molar-refractivity contribution in [2.75, 3.05) is 12.5 Å². The first-order valence-electron chi connectivity index (χ1n) is 3.37. The van der Waals surface area contributed by atoms with Crippen molar-refractivity contribution in [2.45, 2.75) is 26.4 Å². The van der Waals surface area contributed by atoms with Crippen LogP contribution in [0.1, 0.15) is 20.3 Å². The molecule has 0 aliphatic carbocycles. The monoisotopic (exact) mass is 164 g/mol. The van der Waals surface area contributed by atoms with Crippen molar-refractivity contribution in [2.24, 2.45) is 0 Å². The van der Waals surface area contributed by atoms with E-state index in [1.807, 2.05) is 6.92 Å². The van der Waals surface area contributed by atoms with Gasteiger partial charge in [-0.05, 0) is 13.8 Å². The van der Waals surface area contributed by atoms with Gasteiger partial charge in [0, 0.05) is 18.9 Å². The summed E-state index contributed by atoms with van der Waals surface area (Å²) in [6.45, 7) is 4.04. The predicted octanol–water partition coefficient (Wildman–Crippen LogP) is 1.61. The molecule has 0 saturated carbocycles. The van der Waals surface area contributed by atoms with Gasteiger partial charge in [0.15, 0.2) is 0 Å². The van der Waals surface area contributed by atoms with Crippen molar-refractivity contribution in [3.8, 4) is 0 Å². The number of carbonyl (C=O) groups is 1. The molecule has 0 saturated heterocycles. The highest BCUT2D eigenvalue weighted by Crippen LogP contribution is 2.01. The average Bonchev–Trinajstić information content (AvgIpc) is 1.86. The summed E-state index contributed by atoms with van der Waals surface area (Å²) in [5, 5.41) is 0. The maximum atomic E-state index is 10.5. The van der Waals surface area contributed by atoms with Gasteiger partial charge in [-0.2, -0.15) is 0 Å². The van der Waals surface area contributed by atoms with Crippen molar-refractivity contribution in [3.05, 3.63) is 0 Å². The van der Waals surface area contributed by atoms with Gasteiger partial charge in [-0.1, -0.05) is 0 Å². The lowest BCUT2D eigenvalue weighted by Crippen LogP contribution is -2.17. The molecule has 0 aromatic rings. The number of ether oxygens (including phenoxy) is 1. The van der Waals surface area contributed by atoms with Crippen molar-refractivity contribution >= 4 is 17.4 Å². The van der Waals surface area contributed by atoms with E-state index in [0.29, 0.717) is 18.9 Å². The van der Waals surface area contributed by atoms with Gasteiger partial charge in [0.25, 0.3) is 0 Å². The van der Waals surface area contributed by atoms with Gasteiger partial charge in [-0.15, -0.1) is 11.6 Å². The number of rotatable bonds is 5. The molecule has 0 aromatic carbocycles. The lowest BCUT2D eigenvalue weighted by Gasteiger charge is -2.10. The summed E-state index contributed by atoms with van der Waals surface area (Å²) in [4.78, 5) is 10.5. The third-order valence-electron chi connectivity index (χ3n) is 1.09. The lowest BCUT2D eigenvalue weighted by atomic mass is 10.2. The van der Waals surface area contributed by atoms with Crippen LogP contribution in [0.4, 0.5) is 0 Å². The van der Waals surface area contributed by atoms with Gasteiger partial charge < -0.3 is 4.74 Å². The van der Waals surface area contributed by atoms with Gasteiger partial charge in [-0.3, -0.25) is 4.79 Å². The van der Waals surface area contributed by atoms with E-state index in [1.54, 1.807) is 6.92 Å². The SMILES string of the molecule is CCOC(CCl)CC(C)=O. The van der Waals surface area contributed by atoms with E-state index in [1.165, 1.54) is 0 Å². The molecule has 0 aliphatic rings. The Kier molecular flexibility index (Phi) is 5.64. The molecule has 0 aromatic heterocycles. The fourth-order valence-electron chi connectivity index (χ4n) is 0.714. The number of Topliss-reactive ketones (excluding diaryl/α,β-unsaturated/α-hetero) is 1. The molecule has 0 amide bonds. The molecule has 0 fully saturated rings. The number of halogens is 1. The molecule has 0 rings (SSSR count). The smallest absolute Gasteiger partial charge is 0.132 e. The maximum absolute atomic E-state index is 10.5. The van der Waals surface area contributed by atoms with Gasteiger partial charge in [0.05, 0.1) is 6.10 Å². The third-order valence-corrected chi connectivity index (χ3v) is 1.43. The molecule has 1 unspecified atom stereocenters. The number of hydrogen-bond acceptors (Lipinski definition) is 2. The molecule has 0 heterocycles. The van der Waals surface area contributed by atoms with Gasteiger partial charge >= 0.3 is 0 Å². The largest absolute Gasteiger partial charge is 0.377 e. The molecule has 3 heteroatoms. The van der Waals surface area contributed by atoms with E-state index in [2.05, 4.69) is 0 Å². The zero-order valence-electron chi connectivity index (χ0n) is 6.39.